The molecule has 1 aromatic heterocycles. The molecule has 4 heteroatoms. The van der Waals surface area contributed by atoms with E-state index in [1.165, 1.54) is 12.1 Å². The van der Waals surface area contributed by atoms with E-state index in [2.05, 4.69) is 11.9 Å². The van der Waals surface area contributed by atoms with E-state index < -0.39 is 5.82 Å². The summed E-state index contributed by atoms with van der Waals surface area (Å²) in [5.41, 5.74) is 0.133. The van der Waals surface area contributed by atoms with Crippen molar-refractivity contribution in [2.24, 2.45) is 0 Å². The first-order valence-corrected chi connectivity index (χ1v) is 6.00. The number of imidazole rings is 1. The minimum absolute atomic E-state index is 0.133. The Balaban J connectivity index is 2.17. The van der Waals surface area contributed by atoms with Crippen LogP contribution in [0.4, 0.5) is 4.39 Å². The summed E-state index contributed by atoms with van der Waals surface area (Å²) in [6.07, 6.45) is 5.20. The van der Waals surface area contributed by atoms with Crippen LogP contribution >= 0.6 is 0 Å². The van der Waals surface area contributed by atoms with E-state index in [0.717, 1.165) is 18.7 Å². The van der Waals surface area contributed by atoms with Crippen LogP contribution in [0.1, 0.15) is 29.5 Å². The van der Waals surface area contributed by atoms with E-state index in [1.807, 2.05) is 0 Å². The van der Waals surface area contributed by atoms with Crippen LogP contribution in [0.2, 0.25) is 0 Å². The summed E-state index contributed by atoms with van der Waals surface area (Å²) in [4.78, 5) is 16.2. The zero-order valence-corrected chi connectivity index (χ0v) is 10.3. The Bertz CT molecular complexity index is 548. The molecule has 0 aliphatic rings. The van der Waals surface area contributed by atoms with E-state index in [1.54, 1.807) is 29.1 Å². The molecule has 0 aliphatic carbocycles. The molecule has 0 fully saturated rings. The summed E-state index contributed by atoms with van der Waals surface area (Å²) in [5.74, 6) is 0.158. The number of carbonyl (C=O) groups excluding carboxylic acids is 1. The van der Waals surface area contributed by atoms with Crippen molar-refractivity contribution in [3.8, 4) is 0 Å². The van der Waals surface area contributed by atoms with Crippen molar-refractivity contribution in [2.45, 2.75) is 26.3 Å². The minimum atomic E-state index is -0.473. The molecule has 94 valence electrons. The molecule has 0 unspecified atom stereocenters. The van der Waals surface area contributed by atoms with Crippen LogP contribution in [0.5, 0.6) is 0 Å². The maximum Gasteiger partial charge on any atom is 0.185 e. The monoisotopic (exact) mass is 246 g/mol. The summed E-state index contributed by atoms with van der Waals surface area (Å²) < 4.78 is 15.2. The lowest BCUT2D eigenvalue weighted by atomic mass is 10.1. The molecule has 3 nitrogen and oxygen atoms in total. The number of nitrogens with zero attached hydrogens (tertiary/aromatic N) is 2. The highest BCUT2D eigenvalue weighted by Crippen LogP contribution is 2.10. The lowest BCUT2D eigenvalue weighted by molar-refractivity contribution is 0.0967. The number of hydrogen-bond donors (Lipinski definition) is 0. The fourth-order valence-corrected chi connectivity index (χ4v) is 1.86. The Morgan fingerprint density at radius 3 is 2.89 bits per heavy atom. The van der Waals surface area contributed by atoms with Crippen LogP contribution in [0, 0.1) is 5.82 Å². The normalized spacial score (nSPS) is 10.6. The third-order valence-corrected chi connectivity index (χ3v) is 2.76. The lowest BCUT2D eigenvalue weighted by Crippen LogP contribution is -2.13. The molecule has 0 N–H and O–H groups in total. The largest absolute Gasteiger partial charge is 0.327 e. The van der Waals surface area contributed by atoms with Crippen molar-refractivity contribution in [3.05, 3.63) is 53.9 Å². The summed E-state index contributed by atoms with van der Waals surface area (Å²) in [5, 5.41) is 0. The van der Waals surface area contributed by atoms with Gasteiger partial charge >= 0.3 is 0 Å². The average molecular weight is 246 g/mol. The van der Waals surface area contributed by atoms with Crippen LogP contribution in [-0.4, -0.2) is 15.3 Å². The molecule has 1 heterocycles. The van der Waals surface area contributed by atoms with Crippen LogP contribution in [0.15, 0.2) is 36.7 Å². The second-order valence-electron chi connectivity index (χ2n) is 4.12. The summed E-state index contributed by atoms with van der Waals surface area (Å²) in [7, 11) is 0. The summed E-state index contributed by atoms with van der Waals surface area (Å²) in [6.45, 7) is 2.19. The van der Waals surface area contributed by atoms with Crippen molar-refractivity contribution < 1.29 is 9.18 Å². The Morgan fingerprint density at radius 1 is 1.39 bits per heavy atom. The minimum Gasteiger partial charge on any atom is -0.327 e. The van der Waals surface area contributed by atoms with E-state index in [-0.39, 0.29) is 17.9 Å². The maximum absolute atomic E-state index is 13.5. The number of benzene rings is 1. The molecular formula is C14H15FN2O. The van der Waals surface area contributed by atoms with E-state index in [0.29, 0.717) is 0 Å². The zero-order chi connectivity index (χ0) is 13.0. The number of Topliss-reactive ketones (excluding diaryl/α,β-unsaturated/α-hetero) is 1. The van der Waals surface area contributed by atoms with Gasteiger partial charge in [0.05, 0.1) is 12.1 Å². The van der Waals surface area contributed by atoms with Gasteiger partial charge in [0, 0.05) is 18.8 Å². The van der Waals surface area contributed by atoms with E-state index >= 15 is 0 Å². The fraction of sp³-hybridized carbons (Fsp3) is 0.286. The molecule has 0 bridgehead atoms. The summed E-state index contributed by atoms with van der Waals surface area (Å²) >= 11 is 0. The summed E-state index contributed by atoms with van der Waals surface area (Å²) in [6, 6.07) is 6.05. The molecule has 0 spiro atoms. The van der Waals surface area contributed by atoms with Gasteiger partial charge in [-0.15, -0.1) is 0 Å². The molecule has 0 aliphatic heterocycles. The standard InChI is InChI=1S/C14H15FN2O/c1-2-5-14-16-8-9-17(14)10-13(18)11-6-3-4-7-12(11)15/h3-4,6-9H,2,5,10H2,1H3. The highest BCUT2D eigenvalue weighted by molar-refractivity contribution is 5.96. The van der Waals surface area contributed by atoms with Gasteiger partial charge in [-0.3, -0.25) is 4.79 Å². The van der Waals surface area contributed by atoms with Gasteiger partial charge in [0.25, 0.3) is 0 Å². The molecule has 1 aromatic carbocycles. The smallest absolute Gasteiger partial charge is 0.185 e. The van der Waals surface area contributed by atoms with Crippen LogP contribution < -0.4 is 0 Å². The van der Waals surface area contributed by atoms with Gasteiger partial charge in [0.15, 0.2) is 5.78 Å². The zero-order valence-electron chi connectivity index (χ0n) is 10.3. The number of carbonyl (C=O) groups is 1. The number of ketones is 1. The predicted molar refractivity (Wildman–Crippen MR) is 67.0 cm³/mol. The molecule has 0 saturated heterocycles. The third-order valence-electron chi connectivity index (χ3n) is 2.76. The van der Waals surface area contributed by atoms with Gasteiger partial charge in [-0.25, -0.2) is 9.37 Å². The number of rotatable bonds is 5. The molecule has 2 aromatic rings. The number of hydrogen-bond acceptors (Lipinski definition) is 2. The number of aryl methyl sites for hydroxylation is 1. The Labute approximate surface area is 105 Å². The molecular weight excluding hydrogens is 231 g/mol. The third kappa shape index (κ3) is 2.64. The molecule has 0 saturated carbocycles. The topological polar surface area (TPSA) is 34.9 Å². The van der Waals surface area contributed by atoms with Gasteiger partial charge in [0.2, 0.25) is 0 Å². The van der Waals surface area contributed by atoms with Crippen LogP contribution in [0.25, 0.3) is 0 Å². The fourth-order valence-electron chi connectivity index (χ4n) is 1.86. The molecule has 18 heavy (non-hydrogen) atoms. The van der Waals surface area contributed by atoms with Crippen molar-refractivity contribution in [3.63, 3.8) is 0 Å². The molecule has 2 rings (SSSR count). The highest BCUT2D eigenvalue weighted by atomic mass is 19.1. The number of halogens is 1. The van der Waals surface area contributed by atoms with E-state index in [9.17, 15) is 9.18 Å². The Hall–Kier alpha value is -1.97. The van der Waals surface area contributed by atoms with Gasteiger partial charge in [-0.1, -0.05) is 19.1 Å². The predicted octanol–water partition coefficient (Wildman–Crippen LogP) is 2.86. The van der Waals surface area contributed by atoms with E-state index in [4.69, 9.17) is 0 Å². The first-order valence-electron chi connectivity index (χ1n) is 6.00. The second kappa shape index (κ2) is 5.58. The second-order valence-corrected chi connectivity index (χ2v) is 4.12. The molecule has 0 amide bonds. The SMILES string of the molecule is CCCc1nccn1CC(=O)c1ccccc1F. The van der Waals surface area contributed by atoms with Crippen LogP contribution in [0.3, 0.4) is 0 Å². The first-order chi connectivity index (χ1) is 8.72. The highest BCUT2D eigenvalue weighted by Gasteiger charge is 2.13. The van der Waals surface area contributed by atoms with Crippen molar-refractivity contribution in [1.29, 1.82) is 0 Å². The quantitative estimate of drug-likeness (QED) is 0.760. The van der Waals surface area contributed by atoms with Crippen molar-refractivity contribution in [2.75, 3.05) is 0 Å². The van der Waals surface area contributed by atoms with Gasteiger partial charge in [-0.2, -0.15) is 0 Å². The van der Waals surface area contributed by atoms with Crippen molar-refractivity contribution >= 4 is 5.78 Å². The number of aromatic nitrogens is 2. The van der Waals surface area contributed by atoms with Crippen LogP contribution in [-0.2, 0) is 13.0 Å². The van der Waals surface area contributed by atoms with Crippen molar-refractivity contribution in [1.82, 2.24) is 9.55 Å². The Morgan fingerprint density at radius 2 is 2.17 bits per heavy atom. The maximum atomic E-state index is 13.5. The molecule has 0 atom stereocenters. The average Bonchev–Trinajstić information content (AvgIpc) is 2.78. The van der Waals surface area contributed by atoms with Gasteiger partial charge in [0.1, 0.15) is 11.6 Å². The lowest BCUT2D eigenvalue weighted by Gasteiger charge is -2.07. The molecule has 0 radical (unpaired) electrons. The van der Waals surface area contributed by atoms with Gasteiger partial charge < -0.3 is 4.57 Å². The Kier molecular flexibility index (Phi) is 3.87. The van der Waals surface area contributed by atoms with Gasteiger partial charge in [-0.05, 0) is 18.6 Å². The first kappa shape index (κ1) is 12.5.